The molecule has 1 aliphatic heterocycles. The van der Waals surface area contributed by atoms with E-state index in [1.54, 1.807) is 31.2 Å². The molecular weight excluding hydrogens is 534 g/mol. The third kappa shape index (κ3) is 9.87. The van der Waals surface area contributed by atoms with Crippen LogP contribution in [0.5, 0.6) is 0 Å². The standard InChI is InChI=1S/C29H39N3O9/c1-3-19(2)26(31-29(38)39-18-20-10-6-4-7-11-20)27(36)30-22(28(37)41-32-23(33)15-16-24(32)34)14-17-25(35)40-21-12-8-5-9-13-21/h4,6-7,10-11,19,21-22,26H,3,5,8-9,12-18H2,1-2H3,(H,30,36)(H,31,38)/t19-,22-,26-/m0/s1. The third-order valence-electron chi connectivity index (χ3n) is 7.26. The first-order valence-corrected chi connectivity index (χ1v) is 14.2. The largest absolute Gasteiger partial charge is 0.462 e. The van der Waals surface area contributed by atoms with E-state index >= 15 is 0 Å². The average Bonchev–Trinajstić information content (AvgIpc) is 3.29. The Morgan fingerprint density at radius 2 is 1.63 bits per heavy atom. The summed E-state index contributed by atoms with van der Waals surface area (Å²) >= 11 is 0. The topological polar surface area (TPSA) is 157 Å². The highest BCUT2D eigenvalue weighted by atomic mass is 16.7. The molecule has 0 radical (unpaired) electrons. The van der Waals surface area contributed by atoms with E-state index in [0.717, 1.165) is 37.7 Å². The first-order valence-electron chi connectivity index (χ1n) is 14.2. The summed E-state index contributed by atoms with van der Waals surface area (Å²) in [4.78, 5) is 80.4. The first-order chi connectivity index (χ1) is 19.7. The molecule has 2 fully saturated rings. The molecule has 1 aromatic carbocycles. The van der Waals surface area contributed by atoms with E-state index < -0.39 is 47.8 Å². The van der Waals surface area contributed by atoms with Gasteiger partial charge in [-0.1, -0.05) is 57.0 Å². The second-order valence-corrected chi connectivity index (χ2v) is 10.4. The number of imide groups is 1. The number of hydrogen-bond acceptors (Lipinski definition) is 9. The number of amides is 4. The third-order valence-corrected chi connectivity index (χ3v) is 7.26. The molecule has 1 heterocycles. The van der Waals surface area contributed by atoms with Gasteiger partial charge < -0.3 is 24.9 Å². The van der Waals surface area contributed by atoms with E-state index in [2.05, 4.69) is 10.6 Å². The Kier molecular flexibility index (Phi) is 12.1. The van der Waals surface area contributed by atoms with Gasteiger partial charge in [0, 0.05) is 19.3 Å². The Balaban J connectivity index is 1.65. The van der Waals surface area contributed by atoms with Gasteiger partial charge in [0.15, 0.2) is 0 Å². The molecule has 2 N–H and O–H groups in total. The quantitative estimate of drug-likeness (QED) is 0.267. The fourth-order valence-corrected chi connectivity index (χ4v) is 4.61. The molecule has 0 bridgehead atoms. The van der Waals surface area contributed by atoms with Crippen LogP contribution in [0.25, 0.3) is 0 Å². The second kappa shape index (κ2) is 15.7. The summed E-state index contributed by atoms with van der Waals surface area (Å²) in [6.07, 6.45) is 3.49. The maximum atomic E-state index is 13.3. The van der Waals surface area contributed by atoms with Crippen molar-refractivity contribution in [2.24, 2.45) is 5.92 Å². The van der Waals surface area contributed by atoms with Crippen molar-refractivity contribution in [1.82, 2.24) is 15.7 Å². The van der Waals surface area contributed by atoms with Crippen molar-refractivity contribution in [3.8, 4) is 0 Å². The summed E-state index contributed by atoms with van der Waals surface area (Å²) in [5, 5.41) is 5.47. The maximum absolute atomic E-state index is 13.3. The Labute approximate surface area is 239 Å². The Morgan fingerprint density at radius 1 is 0.976 bits per heavy atom. The number of rotatable bonds is 13. The molecule has 1 aromatic rings. The summed E-state index contributed by atoms with van der Waals surface area (Å²) < 4.78 is 10.8. The zero-order chi connectivity index (χ0) is 29.8. The van der Waals surface area contributed by atoms with Gasteiger partial charge in [0.2, 0.25) is 5.91 Å². The van der Waals surface area contributed by atoms with Gasteiger partial charge in [-0.05, 0) is 43.6 Å². The molecule has 1 saturated carbocycles. The lowest BCUT2D eigenvalue weighted by molar-refractivity contribution is -0.199. The molecule has 0 aromatic heterocycles. The molecule has 0 spiro atoms. The van der Waals surface area contributed by atoms with Crippen LogP contribution in [0, 0.1) is 5.92 Å². The number of hydrogen-bond donors (Lipinski definition) is 2. The van der Waals surface area contributed by atoms with Gasteiger partial charge in [0.05, 0.1) is 0 Å². The lowest BCUT2D eigenvalue weighted by Gasteiger charge is -2.26. The van der Waals surface area contributed by atoms with Gasteiger partial charge in [-0.15, -0.1) is 5.06 Å². The van der Waals surface area contributed by atoms with E-state index in [1.807, 2.05) is 13.0 Å². The normalized spacial score (nSPS) is 17.8. The van der Waals surface area contributed by atoms with Gasteiger partial charge in [-0.2, -0.15) is 0 Å². The van der Waals surface area contributed by atoms with Crippen molar-refractivity contribution >= 4 is 35.8 Å². The summed E-state index contributed by atoms with van der Waals surface area (Å²) in [6, 6.07) is 6.55. The number of carbonyl (C=O) groups is 6. The van der Waals surface area contributed by atoms with Crippen LogP contribution in [0.2, 0.25) is 0 Å². The summed E-state index contributed by atoms with van der Waals surface area (Å²) in [7, 11) is 0. The van der Waals surface area contributed by atoms with Crippen molar-refractivity contribution in [2.45, 2.75) is 103 Å². The van der Waals surface area contributed by atoms with Crippen LogP contribution in [0.15, 0.2) is 30.3 Å². The van der Waals surface area contributed by atoms with Crippen molar-refractivity contribution in [2.75, 3.05) is 0 Å². The number of carbonyl (C=O) groups excluding carboxylic acids is 6. The zero-order valence-electron chi connectivity index (χ0n) is 23.6. The highest BCUT2D eigenvalue weighted by Gasteiger charge is 2.37. The van der Waals surface area contributed by atoms with E-state index in [9.17, 15) is 28.8 Å². The molecule has 1 aliphatic carbocycles. The van der Waals surface area contributed by atoms with Crippen LogP contribution >= 0.6 is 0 Å². The lowest BCUT2D eigenvalue weighted by atomic mass is 9.97. The van der Waals surface area contributed by atoms with E-state index in [1.165, 1.54) is 0 Å². The van der Waals surface area contributed by atoms with Crippen LogP contribution in [-0.4, -0.2) is 59.0 Å². The van der Waals surface area contributed by atoms with Crippen molar-refractivity contribution in [3.05, 3.63) is 35.9 Å². The maximum Gasteiger partial charge on any atom is 0.408 e. The van der Waals surface area contributed by atoms with Crippen molar-refractivity contribution < 1.29 is 43.1 Å². The van der Waals surface area contributed by atoms with Gasteiger partial charge in [0.25, 0.3) is 11.8 Å². The monoisotopic (exact) mass is 573 g/mol. The van der Waals surface area contributed by atoms with Crippen LogP contribution in [0.3, 0.4) is 0 Å². The van der Waals surface area contributed by atoms with Gasteiger partial charge in [0.1, 0.15) is 24.8 Å². The highest BCUT2D eigenvalue weighted by Crippen LogP contribution is 2.21. The number of benzene rings is 1. The number of ether oxygens (including phenoxy) is 2. The van der Waals surface area contributed by atoms with Crippen molar-refractivity contribution in [3.63, 3.8) is 0 Å². The molecule has 1 saturated heterocycles. The molecule has 3 rings (SSSR count). The first kappa shape index (κ1) is 31.6. The summed E-state index contributed by atoms with van der Waals surface area (Å²) in [5.74, 6) is -4.03. The minimum Gasteiger partial charge on any atom is -0.462 e. The summed E-state index contributed by atoms with van der Waals surface area (Å²) in [6.45, 7) is 3.58. The SMILES string of the molecule is CC[C@H](C)[C@H](NC(=O)OCc1ccccc1)C(=O)N[C@@H](CCC(=O)OC1CCCCC1)C(=O)ON1C(=O)CCC1=O. The molecule has 2 aliphatic rings. The fraction of sp³-hybridized carbons (Fsp3) is 0.586. The Morgan fingerprint density at radius 3 is 2.27 bits per heavy atom. The van der Waals surface area contributed by atoms with E-state index in [-0.39, 0.29) is 44.3 Å². The fourth-order valence-electron chi connectivity index (χ4n) is 4.61. The molecular formula is C29H39N3O9. The van der Waals surface area contributed by atoms with Crippen LogP contribution in [0.1, 0.15) is 83.6 Å². The Bertz CT molecular complexity index is 1070. The second-order valence-electron chi connectivity index (χ2n) is 10.4. The van der Waals surface area contributed by atoms with Crippen molar-refractivity contribution in [1.29, 1.82) is 0 Å². The molecule has 0 unspecified atom stereocenters. The smallest absolute Gasteiger partial charge is 0.408 e. The summed E-state index contributed by atoms with van der Waals surface area (Å²) in [5.41, 5.74) is 0.765. The zero-order valence-corrected chi connectivity index (χ0v) is 23.6. The molecule has 12 heteroatoms. The molecule has 41 heavy (non-hydrogen) atoms. The Hall–Kier alpha value is -3.96. The molecule has 4 amide bonds. The van der Waals surface area contributed by atoms with Crippen LogP contribution in [0.4, 0.5) is 4.79 Å². The number of nitrogens with zero attached hydrogens (tertiary/aromatic N) is 1. The predicted octanol–water partition coefficient (Wildman–Crippen LogP) is 3.08. The van der Waals surface area contributed by atoms with Gasteiger partial charge in [-0.25, -0.2) is 9.59 Å². The predicted molar refractivity (Wildman–Crippen MR) is 144 cm³/mol. The minimum absolute atomic E-state index is 0.00251. The number of alkyl carbamates (subject to hydrolysis) is 1. The highest BCUT2D eigenvalue weighted by molar-refractivity contribution is 6.02. The average molecular weight is 574 g/mol. The van der Waals surface area contributed by atoms with E-state index in [0.29, 0.717) is 11.5 Å². The molecule has 224 valence electrons. The van der Waals surface area contributed by atoms with Crippen LogP contribution < -0.4 is 10.6 Å². The minimum atomic E-state index is -1.39. The van der Waals surface area contributed by atoms with Gasteiger partial charge >= 0.3 is 18.0 Å². The number of esters is 1. The molecule has 3 atom stereocenters. The van der Waals surface area contributed by atoms with Gasteiger partial charge in [-0.3, -0.25) is 19.2 Å². The lowest BCUT2D eigenvalue weighted by Crippen LogP contribution is -2.55. The van der Waals surface area contributed by atoms with E-state index in [4.69, 9.17) is 14.3 Å². The molecule has 12 nitrogen and oxygen atoms in total. The number of hydroxylamine groups is 2. The number of nitrogens with one attached hydrogen (secondary N) is 2. The van der Waals surface area contributed by atoms with Crippen LogP contribution in [-0.2, 0) is 44.9 Å².